The van der Waals surface area contributed by atoms with Gasteiger partial charge in [-0.3, -0.25) is 9.59 Å². The SMILES string of the molecule is CCCCCCc1cc(C#Cc2ccc(OC(=O)C(C)Cl)cc2)c(CCCCCC)cc1C#Cc1ccc(OC(=O)C(C)Cl)cc1. The lowest BCUT2D eigenvalue weighted by molar-refractivity contribution is -0.134. The van der Waals surface area contributed by atoms with Gasteiger partial charge in [-0.05, 0) is 111 Å². The van der Waals surface area contributed by atoms with Crippen molar-refractivity contribution in [1.82, 2.24) is 0 Å². The van der Waals surface area contributed by atoms with Crippen molar-refractivity contribution in [2.75, 3.05) is 0 Å². The number of ether oxygens (including phenoxy) is 2. The van der Waals surface area contributed by atoms with Gasteiger partial charge in [0, 0.05) is 22.3 Å². The normalized spacial score (nSPS) is 11.8. The van der Waals surface area contributed by atoms with Crippen molar-refractivity contribution < 1.29 is 19.1 Å². The van der Waals surface area contributed by atoms with Gasteiger partial charge in [0.25, 0.3) is 0 Å². The van der Waals surface area contributed by atoms with E-state index in [1.165, 1.54) is 49.7 Å². The molecular formula is C40H44Cl2O4. The smallest absolute Gasteiger partial charge is 0.329 e. The van der Waals surface area contributed by atoms with Crippen LogP contribution in [0.5, 0.6) is 11.5 Å². The molecule has 0 aliphatic heterocycles. The molecule has 0 spiro atoms. The van der Waals surface area contributed by atoms with Crippen molar-refractivity contribution >= 4 is 35.1 Å². The van der Waals surface area contributed by atoms with Gasteiger partial charge in [-0.2, -0.15) is 0 Å². The molecule has 0 aromatic heterocycles. The third kappa shape index (κ3) is 12.6. The summed E-state index contributed by atoms with van der Waals surface area (Å²) in [4.78, 5) is 23.7. The van der Waals surface area contributed by atoms with Gasteiger partial charge in [0.05, 0.1) is 0 Å². The number of alkyl halides is 2. The zero-order valence-corrected chi connectivity index (χ0v) is 28.9. The van der Waals surface area contributed by atoms with E-state index in [-0.39, 0.29) is 0 Å². The fourth-order valence-corrected chi connectivity index (χ4v) is 4.80. The van der Waals surface area contributed by atoms with Gasteiger partial charge in [0.1, 0.15) is 22.3 Å². The third-order valence-electron chi connectivity index (χ3n) is 7.41. The molecule has 0 radical (unpaired) electrons. The predicted molar refractivity (Wildman–Crippen MR) is 189 cm³/mol. The van der Waals surface area contributed by atoms with Crippen LogP contribution < -0.4 is 9.47 Å². The van der Waals surface area contributed by atoms with Gasteiger partial charge >= 0.3 is 11.9 Å². The van der Waals surface area contributed by atoms with Crippen LogP contribution in [0.2, 0.25) is 0 Å². The highest BCUT2D eigenvalue weighted by molar-refractivity contribution is 6.30. The van der Waals surface area contributed by atoms with E-state index in [1.54, 1.807) is 38.1 Å². The molecule has 3 aromatic rings. The van der Waals surface area contributed by atoms with Crippen LogP contribution >= 0.6 is 23.2 Å². The van der Waals surface area contributed by atoms with E-state index in [0.717, 1.165) is 47.9 Å². The highest BCUT2D eigenvalue weighted by Gasteiger charge is 2.13. The first-order chi connectivity index (χ1) is 22.2. The highest BCUT2D eigenvalue weighted by Crippen LogP contribution is 2.23. The van der Waals surface area contributed by atoms with Gasteiger partial charge in [-0.1, -0.05) is 76.1 Å². The summed E-state index contributed by atoms with van der Waals surface area (Å²) in [7, 11) is 0. The third-order valence-corrected chi connectivity index (χ3v) is 7.76. The molecule has 0 fully saturated rings. The first kappa shape index (κ1) is 36.8. The largest absolute Gasteiger partial charge is 0.425 e. The average molecular weight is 660 g/mol. The van der Waals surface area contributed by atoms with Crippen LogP contribution in [0.25, 0.3) is 0 Å². The van der Waals surface area contributed by atoms with Crippen molar-refractivity contribution in [3.63, 3.8) is 0 Å². The molecule has 3 rings (SSSR count). The minimum absolute atomic E-state index is 0.442. The summed E-state index contributed by atoms with van der Waals surface area (Å²) in [6.07, 6.45) is 11.1. The molecule has 6 heteroatoms. The summed E-state index contributed by atoms with van der Waals surface area (Å²) in [5, 5.41) is -1.42. The van der Waals surface area contributed by atoms with Crippen molar-refractivity contribution in [2.24, 2.45) is 0 Å². The molecule has 242 valence electrons. The highest BCUT2D eigenvalue weighted by atomic mass is 35.5. The second-order valence-corrected chi connectivity index (χ2v) is 12.7. The molecule has 0 N–H and O–H groups in total. The molecule has 0 aliphatic rings. The Morgan fingerprint density at radius 1 is 0.587 bits per heavy atom. The minimum Gasteiger partial charge on any atom is -0.425 e. The number of esters is 2. The van der Waals surface area contributed by atoms with E-state index < -0.39 is 22.7 Å². The first-order valence-corrected chi connectivity index (χ1v) is 17.2. The molecule has 0 saturated heterocycles. The number of aryl methyl sites for hydroxylation is 2. The Morgan fingerprint density at radius 2 is 0.957 bits per heavy atom. The molecule has 4 nitrogen and oxygen atoms in total. The molecule has 0 saturated carbocycles. The molecule has 0 heterocycles. The Hall–Kier alpha value is -3.70. The predicted octanol–water partition coefficient (Wildman–Crippen LogP) is 9.80. The number of hydrogen-bond acceptors (Lipinski definition) is 4. The van der Waals surface area contributed by atoms with Crippen LogP contribution in [-0.4, -0.2) is 22.7 Å². The lowest BCUT2D eigenvalue weighted by Crippen LogP contribution is -2.17. The Kier molecular flexibility index (Phi) is 15.8. The second-order valence-electron chi connectivity index (χ2n) is 11.4. The Labute approximate surface area is 285 Å². The number of carbonyl (C=O) groups is 2. The summed E-state index contributed by atoms with van der Waals surface area (Å²) in [5.41, 5.74) is 6.11. The van der Waals surface area contributed by atoms with Crippen LogP contribution in [0, 0.1) is 23.7 Å². The van der Waals surface area contributed by atoms with Crippen molar-refractivity contribution in [3.05, 3.63) is 94.0 Å². The molecule has 3 aromatic carbocycles. The monoisotopic (exact) mass is 658 g/mol. The summed E-state index contributed by atoms with van der Waals surface area (Å²) in [6.45, 7) is 7.60. The molecule has 0 aliphatic carbocycles. The number of unbranched alkanes of at least 4 members (excludes halogenated alkanes) is 6. The van der Waals surface area contributed by atoms with E-state index in [2.05, 4.69) is 49.7 Å². The van der Waals surface area contributed by atoms with Gasteiger partial charge in [-0.25, -0.2) is 0 Å². The van der Waals surface area contributed by atoms with Crippen LogP contribution in [0.15, 0.2) is 60.7 Å². The van der Waals surface area contributed by atoms with Gasteiger partial charge < -0.3 is 9.47 Å². The zero-order chi connectivity index (χ0) is 33.3. The summed E-state index contributed by atoms with van der Waals surface area (Å²) >= 11 is 11.6. The van der Waals surface area contributed by atoms with E-state index in [4.69, 9.17) is 32.7 Å². The van der Waals surface area contributed by atoms with E-state index in [1.807, 2.05) is 24.3 Å². The van der Waals surface area contributed by atoms with Crippen LogP contribution in [0.1, 0.15) is 112 Å². The van der Waals surface area contributed by atoms with Crippen LogP contribution in [0.3, 0.4) is 0 Å². The van der Waals surface area contributed by atoms with Crippen LogP contribution in [0.4, 0.5) is 0 Å². The van der Waals surface area contributed by atoms with Crippen LogP contribution in [-0.2, 0) is 22.4 Å². The van der Waals surface area contributed by atoms with Gasteiger partial charge in [-0.15, -0.1) is 23.2 Å². The van der Waals surface area contributed by atoms with Crippen molar-refractivity contribution in [3.8, 4) is 35.2 Å². The Morgan fingerprint density at radius 3 is 1.28 bits per heavy atom. The maximum atomic E-state index is 11.8. The van der Waals surface area contributed by atoms with E-state index >= 15 is 0 Å². The maximum Gasteiger partial charge on any atom is 0.329 e. The average Bonchev–Trinajstić information content (AvgIpc) is 3.05. The molecule has 2 unspecified atom stereocenters. The topological polar surface area (TPSA) is 52.6 Å². The summed E-state index contributed by atoms with van der Waals surface area (Å²) in [5.74, 6) is 13.4. The minimum atomic E-state index is -0.712. The first-order valence-electron chi connectivity index (χ1n) is 16.3. The number of hydrogen-bond donors (Lipinski definition) is 0. The molecular weight excluding hydrogens is 615 g/mol. The standard InChI is InChI=1S/C40H44Cl2O4/c1-5-7-9-11-13-33-27-36(22-16-32-19-25-38(26-20-32)46-40(44)30(4)42)34(14-12-10-8-6-2)28-35(33)21-15-31-17-23-37(24-18-31)45-39(43)29(3)41/h17-20,23-30H,5-14H2,1-4H3. The Balaban J connectivity index is 1.94. The number of rotatable bonds is 14. The summed E-state index contributed by atoms with van der Waals surface area (Å²) < 4.78 is 10.6. The zero-order valence-electron chi connectivity index (χ0n) is 27.4. The van der Waals surface area contributed by atoms with E-state index in [9.17, 15) is 9.59 Å². The Bertz CT molecular complexity index is 1430. The fraction of sp³-hybridized carbons (Fsp3) is 0.400. The summed E-state index contributed by atoms with van der Waals surface area (Å²) in [6, 6.07) is 18.8. The maximum absolute atomic E-state index is 11.8. The van der Waals surface area contributed by atoms with Crippen molar-refractivity contribution in [1.29, 1.82) is 0 Å². The quantitative estimate of drug-likeness (QED) is 0.0569. The van der Waals surface area contributed by atoms with Crippen molar-refractivity contribution in [2.45, 2.75) is 103 Å². The number of benzene rings is 3. The molecule has 46 heavy (non-hydrogen) atoms. The number of halogens is 2. The van der Waals surface area contributed by atoms with Gasteiger partial charge in [0.2, 0.25) is 0 Å². The van der Waals surface area contributed by atoms with E-state index in [0.29, 0.717) is 11.5 Å². The molecule has 0 bridgehead atoms. The molecule has 2 atom stereocenters. The fourth-order valence-electron chi connectivity index (χ4n) is 4.71. The number of carbonyl (C=O) groups excluding carboxylic acids is 2. The van der Waals surface area contributed by atoms with Gasteiger partial charge in [0.15, 0.2) is 0 Å². The second kappa shape index (κ2) is 19.7. The lowest BCUT2D eigenvalue weighted by atomic mass is 9.92. The lowest BCUT2D eigenvalue weighted by Gasteiger charge is -2.12. The molecule has 0 amide bonds.